The van der Waals surface area contributed by atoms with Crippen molar-refractivity contribution in [2.24, 2.45) is 0 Å². The Labute approximate surface area is 144 Å². The Hall–Kier alpha value is -2.36. The summed E-state index contributed by atoms with van der Waals surface area (Å²) < 4.78 is 65.4. The zero-order chi connectivity index (χ0) is 18.8. The van der Waals surface area contributed by atoms with E-state index in [0.29, 0.717) is 0 Å². The molecule has 1 aromatic carbocycles. The fraction of sp³-hybridized carbons (Fsp3) is 0.200. The van der Waals surface area contributed by atoms with Crippen LogP contribution in [0.2, 0.25) is 0 Å². The minimum atomic E-state index is -4.63. The molecule has 0 spiro atoms. The van der Waals surface area contributed by atoms with Crippen molar-refractivity contribution in [3.8, 4) is 0 Å². The fourth-order valence-corrected chi connectivity index (χ4v) is 2.62. The molecule has 2 rings (SSSR count). The molecule has 0 atom stereocenters. The van der Waals surface area contributed by atoms with Crippen LogP contribution in [0, 0.1) is 11.6 Å². The molecule has 0 saturated heterocycles. The van der Waals surface area contributed by atoms with Crippen LogP contribution in [-0.4, -0.2) is 30.5 Å². The van der Waals surface area contributed by atoms with E-state index in [-0.39, 0.29) is 16.9 Å². The van der Waals surface area contributed by atoms with Gasteiger partial charge in [-0.15, -0.1) is 0 Å². The Kier molecular flexibility index (Phi) is 5.51. The van der Waals surface area contributed by atoms with Crippen LogP contribution in [0.25, 0.3) is 0 Å². The van der Waals surface area contributed by atoms with Gasteiger partial charge in [0, 0.05) is 37.7 Å². The molecule has 0 saturated carbocycles. The van der Waals surface area contributed by atoms with Crippen LogP contribution in [0.1, 0.15) is 10.4 Å². The van der Waals surface area contributed by atoms with Crippen LogP contribution in [0.3, 0.4) is 0 Å². The second-order valence-corrected chi connectivity index (χ2v) is 6.09. The summed E-state index contributed by atoms with van der Waals surface area (Å²) in [6.45, 7) is 0. The van der Waals surface area contributed by atoms with Gasteiger partial charge in [-0.2, -0.15) is 13.2 Å². The van der Waals surface area contributed by atoms with Gasteiger partial charge in [0.2, 0.25) is 0 Å². The molecule has 0 radical (unpaired) electrons. The lowest BCUT2D eigenvalue weighted by Gasteiger charge is -2.16. The number of pyridine rings is 1. The normalized spacial score (nSPS) is 11.3. The number of nitrogens with one attached hydrogen (secondary N) is 1. The minimum absolute atomic E-state index is 0.225. The first-order valence-electron chi connectivity index (χ1n) is 6.77. The Morgan fingerprint density at radius 3 is 2.32 bits per heavy atom. The molecule has 0 aliphatic carbocycles. The highest BCUT2D eigenvalue weighted by Gasteiger charge is 2.32. The molecular weight excluding hydrogens is 365 g/mol. The van der Waals surface area contributed by atoms with Crippen LogP contribution >= 0.6 is 11.8 Å². The summed E-state index contributed by atoms with van der Waals surface area (Å²) in [4.78, 5) is 16.9. The van der Waals surface area contributed by atoms with Gasteiger partial charge in [-0.25, -0.2) is 13.8 Å². The quantitative estimate of drug-likeness (QED) is 0.638. The third-order valence-corrected chi connectivity index (χ3v) is 3.70. The molecule has 1 amide bonds. The van der Waals surface area contributed by atoms with E-state index in [1.807, 2.05) is 0 Å². The van der Waals surface area contributed by atoms with Crippen molar-refractivity contribution in [1.82, 2.24) is 4.98 Å². The number of aromatic nitrogens is 1. The lowest BCUT2D eigenvalue weighted by atomic mass is 10.2. The Bertz CT molecular complexity index is 772. The van der Waals surface area contributed by atoms with Gasteiger partial charge in [0.05, 0.1) is 5.56 Å². The minimum Gasteiger partial charge on any atom is -0.373 e. The highest BCUT2D eigenvalue weighted by molar-refractivity contribution is 8.00. The lowest BCUT2D eigenvalue weighted by molar-refractivity contribution is -0.0329. The van der Waals surface area contributed by atoms with Gasteiger partial charge < -0.3 is 10.2 Å². The Balaban J connectivity index is 2.29. The van der Waals surface area contributed by atoms with Crippen molar-refractivity contribution in [2.45, 2.75) is 10.5 Å². The Morgan fingerprint density at radius 2 is 1.80 bits per heavy atom. The maximum Gasteiger partial charge on any atom is 0.447 e. The second-order valence-electron chi connectivity index (χ2n) is 5.04. The summed E-state index contributed by atoms with van der Waals surface area (Å²) in [6, 6.07) is 4.18. The fourth-order valence-electron chi connectivity index (χ4n) is 2.02. The number of carbonyl (C=O) groups excluding carboxylic acids is 1. The van der Waals surface area contributed by atoms with Gasteiger partial charge in [-0.1, -0.05) is 0 Å². The van der Waals surface area contributed by atoms with E-state index in [9.17, 15) is 26.7 Å². The van der Waals surface area contributed by atoms with Crippen LogP contribution in [0.5, 0.6) is 0 Å². The first-order chi connectivity index (χ1) is 11.6. The van der Waals surface area contributed by atoms with E-state index in [4.69, 9.17) is 0 Å². The van der Waals surface area contributed by atoms with Crippen molar-refractivity contribution in [3.05, 3.63) is 47.7 Å². The molecule has 1 N–H and O–H groups in total. The van der Waals surface area contributed by atoms with Crippen molar-refractivity contribution in [1.29, 1.82) is 0 Å². The zero-order valence-corrected chi connectivity index (χ0v) is 13.8. The number of anilines is 2. The summed E-state index contributed by atoms with van der Waals surface area (Å²) in [5.41, 5.74) is -5.51. The first kappa shape index (κ1) is 19.0. The molecule has 0 unspecified atom stereocenters. The van der Waals surface area contributed by atoms with Crippen molar-refractivity contribution >= 4 is 29.0 Å². The maximum absolute atomic E-state index is 13.9. The second kappa shape index (κ2) is 7.26. The smallest absolute Gasteiger partial charge is 0.373 e. The number of amides is 1. The molecule has 0 aliphatic rings. The van der Waals surface area contributed by atoms with Crippen molar-refractivity contribution in [3.63, 3.8) is 0 Å². The van der Waals surface area contributed by atoms with Gasteiger partial charge >= 0.3 is 5.51 Å². The van der Waals surface area contributed by atoms with E-state index in [0.717, 1.165) is 24.4 Å². The first-order valence-corrected chi connectivity index (χ1v) is 7.58. The maximum atomic E-state index is 13.9. The number of thioether (sulfide) groups is 1. The third kappa shape index (κ3) is 4.81. The number of halogens is 5. The molecule has 25 heavy (non-hydrogen) atoms. The predicted molar refractivity (Wildman–Crippen MR) is 84.8 cm³/mol. The summed E-state index contributed by atoms with van der Waals surface area (Å²) in [6.07, 6.45) is 1.11. The number of hydrogen-bond donors (Lipinski definition) is 1. The van der Waals surface area contributed by atoms with Gasteiger partial charge in [0.1, 0.15) is 10.7 Å². The summed E-state index contributed by atoms with van der Waals surface area (Å²) in [5.74, 6) is -2.80. The summed E-state index contributed by atoms with van der Waals surface area (Å²) in [5, 5.41) is 1.62. The molecule has 2 aromatic rings. The number of alkyl halides is 3. The highest BCUT2D eigenvalue weighted by Crippen LogP contribution is 2.37. The lowest BCUT2D eigenvalue weighted by Crippen LogP contribution is -2.17. The van der Waals surface area contributed by atoms with Crippen molar-refractivity contribution in [2.75, 3.05) is 24.3 Å². The average molecular weight is 377 g/mol. The van der Waals surface area contributed by atoms with E-state index < -0.39 is 39.8 Å². The van der Waals surface area contributed by atoms with Gasteiger partial charge in [0.15, 0.2) is 11.6 Å². The van der Waals surface area contributed by atoms with Gasteiger partial charge in [-0.05, 0) is 24.3 Å². The molecule has 134 valence electrons. The predicted octanol–water partition coefficient (Wildman–Crippen LogP) is 4.29. The summed E-state index contributed by atoms with van der Waals surface area (Å²) in [7, 11) is 2.88. The number of hydrogen-bond acceptors (Lipinski definition) is 4. The molecular formula is C15H12F5N3OS. The SMILES string of the molecule is CN(C)c1c(F)cc(NC(=O)c2cccnc2SC(F)(F)F)cc1F. The molecule has 4 nitrogen and oxygen atoms in total. The monoisotopic (exact) mass is 377 g/mol. The van der Waals surface area contributed by atoms with Crippen molar-refractivity contribution < 1.29 is 26.7 Å². The molecule has 0 aliphatic heterocycles. The van der Waals surface area contributed by atoms with Crippen LogP contribution in [-0.2, 0) is 0 Å². The molecule has 10 heteroatoms. The van der Waals surface area contributed by atoms with Gasteiger partial charge in [0.25, 0.3) is 5.91 Å². The average Bonchev–Trinajstić information content (AvgIpc) is 2.44. The van der Waals surface area contributed by atoms with Gasteiger partial charge in [-0.3, -0.25) is 4.79 Å². The van der Waals surface area contributed by atoms with E-state index in [1.54, 1.807) is 0 Å². The Morgan fingerprint density at radius 1 is 1.20 bits per heavy atom. The van der Waals surface area contributed by atoms with E-state index >= 15 is 0 Å². The molecule has 1 aromatic heterocycles. The number of benzene rings is 1. The molecule has 0 bridgehead atoms. The van der Waals surface area contributed by atoms with E-state index in [2.05, 4.69) is 10.3 Å². The number of rotatable bonds is 4. The van der Waals surface area contributed by atoms with Crippen LogP contribution < -0.4 is 10.2 Å². The zero-order valence-electron chi connectivity index (χ0n) is 13.0. The summed E-state index contributed by atoms with van der Waals surface area (Å²) >= 11 is -0.548. The van der Waals surface area contributed by atoms with Crippen LogP contribution in [0.4, 0.5) is 33.3 Å². The standard InChI is InChI=1S/C15H12F5N3OS/c1-23(2)12-10(16)6-8(7-11(12)17)22-13(24)9-4-3-5-21-14(9)25-15(18,19)20/h3-7H,1-2H3,(H,22,24). The topological polar surface area (TPSA) is 45.2 Å². The third-order valence-electron chi connectivity index (χ3n) is 2.95. The molecule has 1 heterocycles. The largest absolute Gasteiger partial charge is 0.447 e. The van der Waals surface area contributed by atoms with E-state index in [1.165, 1.54) is 25.1 Å². The highest BCUT2D eigenvalue weighted by atomic mass is 32.2. The van der Waals surface area contributed by atoms with Crippen LogP contribution in [0.15, 0.2) is 35.5 Å². The number of nitrogens with zero attached hydrogens (tertiary/aromatic N) is 2. The molecule has 0 fully saturated rings. The number of carbonyl (C=O) groups is 1.